The summed E-state index contributed by atoms with van der Waals surface area (Å²) in [6.07, 6.45) is -1.19. The lowest BCUT2D eigenvalue weighted by atomic mass is 10.1. The summed E-state index contributed by atoms with van der Waals surface area (Å²) in [5.41, 5.74) is 1.37. The Hall–Kier alpha value is -3.36. The van der Waals surface area contributed by atoms with Gasteiger partial charge < -0.3 is 14.6 Å². The summed E-state index contributed by atoms with van der Waals surface area (Å²) in [7, 11) is 1.63. The van der Waals surface area contributed by atoms with E-state index in [2.05, 4.69) is 15.0 Å². The lowest BCUT2D eigenvalue weighted by Crippen LogP contribution is -2.26. The Bertz CT molecular complexity index is 1210. The zero-order valence-electron chi connectivity index (χ0n) is 16.2. The number of anilines is 1. The van der Waals surface area contributed by atoms with Crippen molar-refractivity contribution in [3.8, 4) is 5.75 Å². The third-order valence-electron chi connectivity index (χ3n) is 5.16. The molecular formula is C21H18F3N3O3. The Balaban J connectivity index is 1.74. The van der Waals surface area contributed by atoms with Gasteiger partial charge in [-0.05, 0) is 50.1 Å². The molecule has 1 aliphatic rings. The van der Waals surface area contributed by atoms with Crippen LogP contribution in [0.25, 0.3) is 10.9 Å². The Labute approximate surface area is 169 Å². The lowest BCUT2D eigenvalue weighted by Gasteiger charge is -2.16. The van der Waals surface area contributed by atoms with E-state index in [1.165, 1.54) is 6.07 Å². The third-order valence-corrected chi connectivity index (χ3v) is 5.16. The van der Waals surface area contributed by atoms with Gasteiger partial charge in [0.05, 0.1) is 10.9 Å². The number of halogens is 3. The fourth-order valence-electron chi connectivity index (χ4n) is 3.42. The smallest absolute Gasteiger partial charge is 0.406 e. The molecule has 156 valence electrons. The molecule has 6 nitrogen and oxygen atoms in total. The SMILES string of the molecule is Cc1c(C(=O)Nc2ccnc(C3CC3)c2)c(=O)c2cc(OC(F)(F)F)ccc2n1C. The van der Waals surface area contributed by atoms with E-state index in [1.807, 2.05) is 0 Å². The number of carbonyl (C=O) groups excluding carboxylic acids is 1. The van der Waals surface area contributed by atoms with Gasteiger partial charge >= 0.3 is 6.36 Å². The van der Waals surface area contributed by atoms with Gasteiger partial charge in [-0.1, -0.05) is 0 Å². The molecule has 0 radical (unpaired) electrons. The average molecular weight is 417 g/mol. The molecule has 0 unspecified atom stereocenters. The number of fused-ring (bicyclic) bond motifs is 1. The Kier molecular flexibility index (Phi) is 4.76. The minimum atomic E-state index is -4.88. The summed E-state index contributed by atoms with van der Waals surface area (Å²) in [6, 6.07) is 6.88. The lowest BCUT2D eigenvalue weighted by molar-refractivity contribution is -0.274. The molecule has 9 heteroatoms. The number of ether oxygens (including phenoxy) is 1. The molecule has 0 bridgehead atoms. The molecular weight excluding hydrogens is 399 g/mol. The minimum absolute atomic E-state index is 0.0385. The van der Waals surface area contributed by atoms with E-state index in [9.17, 15) is 22.8 Å². The van der Waals surface area contributed by atoms with Crippen LogP contribution < -0.4 is 15.5 Å². The molecule has 1 saturated carbocycles. The van der Waals surface area contributed by atoms with Crippen LogP contribution in [0.2, 0.25) is 0 Å². The number of carbonyl (C=O) groups is 1. The van der Waals surface area contributed by atoms with Crippen molar-refractivity contribution in [2.75, 3.05) is 5.32 Å². The predicted molar refractivity (Wildman–Crippen MR) is 105 cm³/mol. The average Bonchev–Trinajstić information content (AvgIpc) is 3.50. The van der Waals surface area contributed by atoms with Crippen LogP contribution in [0.15, 0.2) is 41.3 Å². The zero-order chi connectivity index (χ0) is 21.6. The van der Waals surface area contributed by atoms with Crippen LogP contribution in [-0.4, -0.2) is 21.8 Å². The maximum Gasteiger partial charge on any atom is 0.573 e. The standard InChI is InChI=1S/C21H18F3N3O3/c1-11-18(20(29)26-13-7-8-25-16(9-13)12-3-4-12)19(28)15-10-14(30-21(22,23)24)5-6-17(15)27(11)2/h5-10,12H,3-4H2,1-2H3,(H,25,26,29). The molecule has 1 amide bonds. The van der Waals surface area contributed by atoms with Crippen LogP contribution in [-0.2, 0) is 7.05 Å². The summed E-state index contributed by atoms with van der Waals surface area (Å²) in [4.78, 5) is 30.2. The number of amides is 1. The first-order chi connectivity index (χ1) is 14.1. The van der Waals surface area contributed by atoms with Gasteiger partial charge in [-0.3, -0.25) is 14.6 Å². The van der Waals surface area contributed by atoms with Gasteiger partial charge in [0.1, 0.15) is 11.3 Å². The first-order valence-electron chi connectivity index (χ1n) is 9.30. The molecule has 0 atom stereocenters. The molecule has 1 fully saturated rings. The van der Waals surface area contributed by atoms with Crippen molar-refractivity contribution in [3.05, 3.63) is 63.7 Å². The Morgan fingerprint density at radius 2 is 1.97 bits per heavy atom. The van der Waals surface area contributed by atoms with E-state index >= 15 is 0 Å². The van der Waals surface area contributed by atoms with Gasteiger partial charge in [-0.15, -0.1) is 13.2 Å². The highest BCUT2D eigenvalue weighted by Gasteiger charge is 2.31. The predicted octanol–water partition coefficient (Wildman–Crippen LogP) is 4.27. The summed E-state index contributed by atoms with van der Waals surface area (Å²) in [5.74, 6) is -0.764. The number of aromatic nitrogens is 2. The molecule has 30 heavy (non-hydrogen) atoms. The monoisotopic (exact) mass is 417 g/mol. The number of nitrogens with zero attached hydrogens (tertiary/aromatic N) is 2. The van der Waals surface area contributed by atoms with E-state index in [-0.39, 0.29) is 10.9 Å². The van der Waals surface area contributed by atoms with Gasteiger partial charge in [-0.25, -0.2) is 0 Å². The fourth-order valence-corrected chi connectivity index (χ4v) is 3.42. The first kappa shape index (κ1) is 19.9. The number of benzene rings is 1. The van der Waals surface area contributed by atoms with Crippen LogP contribution in [0.1, 0.15) is 40.5 Å². The maximum atomic E-state index is 13.0. The van der Waals surface area contributed by atoms with E-state index in [0.29, 0.717) is 22.8 Å². The van der Waals surface area contributed by atoms with Gasteiger partial charge in [0.25, 0.3) is 5.91 Å². The zero-order valence-corrected chi connectivity index (χ0v) is 16.2. The summed E-state index contributed by atoms with van der Waals surface area (Å²) in [6.45, 7) is 1.61. The van der Waals surface area contributed by atoms with E-state index < -0.39 is 23.4 Å². The number of pyridine rings is 2. The second-order valence-electron chi connectivity index (χ2n) is 7.27. The van der Waals surface area contributed by atoms with Crippen molar-refractivity contribution in [2.24, 2.45) is 7.05 Å². The number of rotatable bonds is 4. The van der Waals surface area contributed by atoms with Gasteiger partial charge in [0.2, 0.25) is 5.43 Å². The quantitative estimate of drug-likeness (QED) is 0.688. The summed E-state index contributed by atoms with van der Waals surface area (Å²) in [5, 5.41) is 2.67. The molecule has 0 spiro atoms. The van der Waals surface area contributed by atoms with Crippen molar-refractivity contribution in [2.45, 2.75) is 32.0 Å². The Morgan fingerprint density at radius 1 is 1.23 bits per heavy atom. The molecule has 1 aromatic carbocycles. The van der Waals surface area contributed by atoms with Crippen molar-refractivity contribution in [1.29, 1.82) is 0 Å². The van der Waals surface area contributed by atoms with Crippen LogP contribution >= 0.6 is 0 Å². The molecule has 3 aromatic rings. The Morgan fingerprint density at radius 3 is 2.63 bits per heavy atom. The molecule has 4 rings (SSSR count). The van der Waals surface area contributed by atoms with E-state index in [4.69, 9.17) is 0 Å². The van der Waals surface area contributed by atoms with Gasteiger partial charge in [-0.2, -0.15) is 0 Å². The van der Waals surface area contributed by atoms with Crippen LogP contribution in [0.4, 0.5) is 18.9 Å². The van der Waals surface area contributed by atoms with Crippen molar-refractivity contribution >= 4 is 22.5 Å². The number of hydrogen-bond acceptors (Lipinski definition) is 4. The van der Waals surface area contributed by atoms with E-state index in [1.54, 1.807) is 36.9 Å². The molecule has 2 aromatic heterocycles. The first-order valence-corrected chi connectivity index (χ1v) is 9.30. The summed E-state index contributed by atoms with van der Waals surface area (Å²) < 4.78 is 43.2. The normalized spacial score (nSPS) is 14.0. The topological polar surface area (TPSA) is 73.2 Å². The van der Waals surface area contributed by atoms with E-state index in [0.717, 1.165) is 30.7 Å². The van der Waals surface area contributed by atoms with Crippen LogP contribution in [0.5, 0.6) is 5.75 Å². The molecule has 0 aliphatic heterocycles. The van der Waals surface area contributed by atoms with Crippen LogP contribution in [0.3, 0.4) is 0 Å². The van der Waals surface area contributed by atoms with Crippen molar-refractivity contribution < 1.29 is 22.7 Å². The van der Waals surface area contributed by atoms with Gasteiger partial charge in [0, 0.05) is 36.2 Å². The summed E-state index contributed by atoms with van der Waals surface area (Å²) >= 11 is 0. The van der Waals surface area contributed by atoms with Gasteiger partial charge in [0.15, 0.2) is 0 Å². The van der Waals surface area contributed by atoms with Crippen molar-refractivity contribution in [3.63, 3.8) is 0 Å². The molecule has 1 N–H and O–H groups in total. The van der Waals surface area contributed by atoms with Crippen LogP contribution in [0, 0.1) is 6.92 Å². The minimum Gasteiger partial charge on any atom is -0.406 e. The largest absolute Gasteiger partial charge is 0.573 e. The third kappa shape index (κ3) is 3.87. The number of nitrogens with one attached hydrogen (secondary N) is 1. The number of aryl methyl sites for hydroxylation is 1. The molecule has 2 heterocycles. The molecule has 1 aliphatic carbocycles. The second-order valence-corrected chi connectivity index (χ2v) is 7.27. The number of alkyl halides is 3. The second kappa shape index (κ2) is 7.16. The fraction of sp³-hybridized carbons (Fsp3) is 0.286. The highest BCUT2D eigenvalue weighted by Crippen LogP contribution is 2.39. The van der Waals surface area contributed by atoms with Crippen molar-refractivity contribution in [1.82, 2.24) is 9.55 Å². The molecule has 0 saturated heterocycles. The highest BCUT2D eigenvalue weighted by molar-refractivity contribution is 6.06. The highest BCUT2D eigenvalue weighted by atomic mass is 19.4. The number of hydrogen-bond donors (Lipinski definition) is 1. The maximum absolute atomic E-state index is 13.0.